The molecule has 0 aliphatic carbocycles. The Morgan fingerprint density at radius 1 is 1.04 bits per heavy atom. The number of ether oxygens (including phenoxy) is 3. The second-order valence-electron chi connectivity index (χ2n) is 7.17. The summed E-state index contributed by atoms with van der Waals surface area (Å²) in [6.45, 7) is 10.7. The molecule has 4 rings (SSSR count). The van der Waals surface area contributed by atoms with Crippen molar-refractivity contribution in [3.63, 3.8) is 0 Å². The van der Waals surface area contributed by atoms with Crippen molar-refractivity contribution in [2.24, 2.45) is 0 Å². The minimum atomic E-state index is -0.349. The van der Waals surface area contributed by atoms with Crippen LogP contribution in [0.1, 0.15) is 18.5 Å². The summed E-state index contributed by atoms with van der Waals surface area (Å²) in [5.41, 5.74) is 0.984. The van der Waals surface area contributed by atoms with E-state index in [1.165, 1.54) is 0 Å². The van der Waals surface area contributed by atoms with Gasteiger partial charge in [0, 0.05) is 63.9 Å². The first-order valence-corrected chi connectivity index (χ1v) is 9.65. The lowest BCUT2D eigenvalue weighted by Crippen LogP contribution is -2.45. The molecule has 4 heterocycles. The van der Waals surface area contributed by atoms with Crippen LogP contribution in [-0.2, 0) is 14.2 Å². The number of rotatable bonds is 5. The Morgan fingerprint density at radius 2 is 1.77 bits per heavy atom. The minimum absolute atomic E-state index is 0.349. The van der Waals surface area contributed by atoms with Gasteiger partial charge >= 0.3 is 0 Å². The summed E-state index contributed by atoms with van der Waals surface area (Å²) < 4.78 is 17.0. The maximum Gasteiger partial charge on any atom is 0.224 e. The quantitative estimate of drug-likeness (QED) is 0.826. The van der Waals surface area contributed by atoms with E-state index in [4.69, 9.17) is 19.2 Å². The molecule has 3 saturated heterocycles. The average molecular weight is 363 g/mol. The molecular weight excluding hydrogens is 334 g/mol. The monoisotopic (exact) mass is 363 g/mol. The summed E-state index contributed by atoms with van der Waals surface area (Å²) in [6.07, 6.45) is 1.77. The molecule has 3 fully saturated rings. The van der Waals surface area contributed by atoms with Gasteiger partial charge in [0.1, 0.15) is 5.82 Å². The van der Waals surface area contributed by atoms with Gasteiger partial charge in [-0.1, -0.05) is 0 Å². The number of nitrogens with one attached hydrogen (secondary N) is 1. The predicted octanol–water partition coefficient (Wildman–Crippen LogP) is 0.872. The fraction of sp³-hybridized carbons (Fsp3) is 0.778. The molecule has 0 aromatic carbocycles. The molecule has 3 aliphatic heterocycles. The van der Waals surface area contributed by atoms with Gasteiger partial charge in [-0.15, -0.1) is 0 Å². The molecule has 26 heavy (non-hydrogen) atoms. The van der Waals surface area contributed by atoms with Gasteiger partial charge in [0.05, 0.1) is 26.4 Å². The highest BCUT2D eigenvalue weighted by Crippen LogP contribution is 2.32. The van der Waals surface area contributed by atoms with Crippen LogP contribution in [0, 0.1) is 6.92 Å². The van der Waals surface area contributed by atoms with Gasteiger partial charge < -0.3 is 24.4 Å². The van der Waals surface area contributed by atoms with Crippen LogP contribution in [0.4, 0.5) is 11.8 Å². The lowest BCUT2D eigenvalue weighted by Gasteiger charge is -2.38. The van der Waals surface area contributed by atoms with E-state index in [1.54, 1.807) is 0 Å². The maximum absolute atomic E-state index is 5.82. The Hall–Kier alpha value is -1.48. The van der Waals surface area contributed by atoms with Crippen LogP contribution in [0.3, 0.4) is 0 Å². The third-order valence-corrected chi connectivity index (χ3v) is 5.32. The number of piperidine rings is 1. The molecule has 1 N–H and O–H groups in total. The minimum Gasteiger partial charge on any atom is -0.379 e. The normalized spacial score (nSPS) is 23.5. The van der Waals surface area contributed by atoms with E-state index < -0.39 is 0 Å². The molecule has 0 radical (unpaired) electrons. The summed E-state index contributed by atoms with van der Waals surface area (Å²) in [5, 5.41) is 3.38. The average Bonchev–Trinajstić information content (AvgIpc) is 3.11. The largest absolute Gasteiger partial charge is 0.379 e. The fourth-order valence-corrected chi connectivity index (χ4v) is 3.81. The SMILES string of the molecule is Cc1cc(N2CCC3(CC2)OCCO3)nc(NCCN2CCOCC2)n1. The number of morpholine rings is 1. The van der Waals surface area contributed by atoms with Gasteiger partial charge in [-0.3, -0.25) is 4.90 Å². The van der Waals surface area contributed by atoms with E-state index in [9.17, 15) is 0 Å². The number of nitrogens with zero attached hydrogens (tertiary/aromatic N) is 4. The molecule has 0 saturated carbocycles. The zero-order chi connectivity index (χ0) is 17.8. The van der Waals surface area contributed by atoms with Crippen LogP contribution < -0.4 is 10.2 Å². The van der Waals surface area contributed by atoms with Gasteiger partial charge in [0.15, 0.2) is 5.79 Å². The van der Waals surface area contributed by atoms with Crippen molar-refractivity contribution in [3.05, 3.63) is 11.8 Å². The second-order valence-corrected chi connectivity index (χ2v) is 7.17. The van der Waals surface area contributed by atoms with Crippen molar-refractivity contribution in [3.8, 4) is 0 Å². The zero-order valence-electron chi connectivity index (χ0n) is 15.6. The van der Waals surface area contributed by atoms with Crippen LogP contribution in [-0.4, -0.2) is 86.4 Å². The summed E-state index contributed by atoms with van der Waals surface area (Å²) in [6, 6.07) is 2.06. The Balaban J connectivity index is 1.32. The van der Waals surface area contributed by atoms with E-state index in [2.05, 4.69) is 26.2 Å². The fourth-order valence-electron chi connectivity index (χ4n) is 3.81. The molecule has 3 aliphatic rings. The third kappa shape index (κ3) is 4.25. The number of anilines is 2. The lowest BCUT2D eigenvalue weighted by atomic mass is 10.0. The first kappa shape index (κ1) is 17.9. The molecule has 0 atom stereocenters. The van der Waals surface area contributed by atoms with Crippen molar-refractivity contribution >= 4 is 11.8 Å². The third-order valence-electron chi connectivity index (χ3n) is 5.32. The van der Waals surface area contributed by atoms with Crippen LogP contribution in [0.15, 0.2) is 6.07 Å². The summed E-state index contributed by atoms with van der Waals surface area (Å²) >= 11 is 0. The van der Waals surface area contributed by atoms with Crippen molar-refractivity contribution in [2.75, 3.05) is 75.9 Å². The van der Waals surface area contributed by atoms with Gasteiger partial charge in [0.2, 0.25) is 5.95 Å². The van der Waals surface area contributed by atoms with Crippen molar-refractivity contribution in [1.29, 1.82) is 0 Å². The lowest BCUT2D eigenvalue weighted by molar-refractivity contribution is -0.169. The van der Waals surface area contributed by atoms with E-state index in [0.29, 0.717) is 19.2 Å². The van der Waals surface area contributed by atoms with Crippen LogP contribution in [0.5, 0.6) is 0 Å². The molecule has 0 amide bonds. The van der Waals surface area contributed by atoms with Crippen molar-refractivity contribution < 1.29 is 14.2 Å². The van der Waals surface area contributed by atoms with Crippen molar-refractivity contribution in [1.82, 2.24) is 14.9 Å². The molecule has 0 unspecified atom stereocenters. The Kier molecular flexibility index (Phi) is 5.54. The Labute approximate surface area is 154 Å². The molecule has 1 aromatic rings. The molecular formula is C18H29N5O3. The van der Waals surface area contributed by atoms with E-state index in [1.807, 2.05) is 6.92 Å². The Morgan fingerprint density at radius 3 is 2.50 bits per heavy atom. The maximum atomic E-state index is 5.82. The highest BCUT2D eigenvalue weighted by molar-refractivity contribution is 5.45. The van der Waals surface area contributed by atoms with E-state index >= 15 is 0 Å². The summed E-state index contributed by atoms with van der Waals surface area (Å²) in [5.74, 6) is 1.35. The van der Waals surface area contributed by atoms with Crippen LogP contribution >= 0.6 is 0 Å². The molecule has 0 bridgehead atoms. The van der Waals surface area contributed by atoms with Gasteiger partial charge in [-0.25, -0.2) is 4.98 Å². The number of aromatic nitrogens is 2. The highest BCUT2D eigenvalue weighted by Gasteiger charge is 2.40. The number of hydrogen-bond acceptors (Lipinski definition) is 8. The van der Waals surface area contributed by atoms with Crippen molar-refractivity contribution in [2.45, 2.75) is 25.6 Å². The van der Waals surface area contributed by atoms with Crippen LogP contribution in [0.25, 0.3) is 0 Å². The predicted molar refractivity (Wildman–Crippen MR) is 98.6 cm³/mol. The molecule has 8 heteroatoms. The van der Waals surface area contributed by atoms with E-state index in [-0.39, 0.29) is 5.79 Å². The van der Waals surface area contributed by atoms with Crippen LogP contribution in [0.2, 0.25) is 0 Å². The number of hydrogen-bond donors (Lipinski definition) is 1. The van der Waals surface area contributed by atoms with E-state index in [0.717, 1.165) is 76.8 Å². The summed E-state index contributed by atoms with van der Waals surface area (Å²) in [4.78, 5) is 14.0. The second kappa shape index (κ2) is 8.04. The first-order valence-electron chi connectivity index (χ1n) is 9.65. The van der Waals surface area contributed by atoms with Gasteiger partial charge in [-0.2, -0.15) is 4.98 Å². The highest BCUT2D eigenvalue weighted by atomic mass is 16.7. The molecule has 144 valence electrons. The molecule has 8 nitrogen and oxygen atoms in total. The standard InChI is InChI=1S/C18H29N5O3/c1-15-14-16(23-5-2-18(3-6-23)25-12-13-26-18)21-17(20-15)19-4-7-22-8-10-24-11-9-22/h14H,2-13H2,1H3,(H,19,20,21). The zero-order valence-corrected chi connectivity index (χ0v) is 15.6. The van der Waals surface area contributed by atoms with Gasteiger partial charge in [0.25, 0.3) is 0 Å². The molecule has 1 aromatic heterocycles. The van der Waals surface area contributed by atoms with Gasteiger partial charge in [-0.05, 0) is 6.92 Å². The molecule has 1 spiro atoms. The smallest absolute Gasteiger partial charge is 0.224 e. The Bertz CT molecular complexity index is 592. The number of aryl methyl sites for hydroxylation is 1. The first-order chi connectivity index (χ1) is 12.7. The topological polar surface area (TPSA) is 72.0 Å². The summed E-state index contributed by atoms with van der Waals surface area (Å²) in [7, 11) is 0.